The van der Waals surface area contributed by atoms with E-state index in [1.165, 1.54) is 18.0 Å². The largest absolute Gasteiger partial charge is 0.487 e. The van der Waals surface area contributed by atoms with E-state index in [0.29, 0.717) is 0 Å². The van der Waals surface area contributed by atoms with Crippen LogP contribution in [0.5, 0.6) is 5.75 Å². The molecule has 0 radical (unpaired) electrons. The van der Waals surface area contributed by atoms with Gasteiger partial charge in [0.2, 0.25) is 5.91 Å². The van der Waals surface area contributed by atoms with E-state index in [0.717, 1.165) is 6.20 Å². The number of halogens is 1. The van der Waals surface area contributed by atoms with Crippen LogP contribution in [-0.2, 0) is 4.79 Å². The fourth-order valence-corrected chi connectivity index (χ4v) is 1.38. The molecule has 2 N–H and O–H groups in total. The zero-order valence-electron chi connectivity index (χ0n) is 8.11. The summed E-state index contributed by atoms with van der Waals surface area (Å²) in [6.07, 6.45) is 1.03. The average molecular weight is 211 g/mol. The van der Waals surface area contributed by atoms with Crippen LogP contribution in [0, 0.1) is 5.82 Å². The van der Waals surface area contributed by atoms with Crippen LogP contribution in [0.15, 0.2) is 12.3 Å². The Balaban J connectivity index is 2.47. The first kappa shape index (κ1) is 9.85. The van der Waals surface area contributed by atoms with Gasteiger partial charge in [0.25, 0.3) is 0 Å². The Labute approximate surface area is 85.6 Å². The molecule has 1 aliphatic heterocycles. The van der Waals surface area contributed by atoms with Crippen molar-refractivity contribution in [3.63, 3.8) is 0 Å². The van der Waals surface area contributed by atoms with Gasteiger partial charge in [0.15, 0.2) is 11.6 Å². The number of ether oxygens (including phenoxy) is 1. The standard InChI is InChI=1S/C9H10FN3O2/c1-13-8-7(2-5(10)3-12-8)15-4-6(11)9(13)14/h2-3,6H,4,11H2,1H3. The number of anilines is 1. The summed E-state index contributed by atoms with van der Waals surface area (Å²) >= 11 is 0. The number of fused-ring (bicyclic) bond motifs is 1. The second-order valence-corrected chi connectivity index (χ2v) is 3.29. The molecule has 0 aliphatic carbocycles. The molecule has 1 unspecified atom stereocenters. The Kier molecular flexibility index (Phi) is 2.28. The van der Waals surface area contributed by atoms with Crippen molar-refractivity contribution in [2.75, 3.05) is 18.6 Å². The summed E-state index contributed by atoms with van der Waals surface area (Å²) in [4.78, 5) is 16.6. The number of pyridine rings is 1. The molecule has 0 saturated heterocycles. The molecule has 15 heavy (non-hydrogen) atoms. The molecule has 0 bridgehead atoms. The molecule has 1 amide bonds. The normalized spacial score (nSPS) is 20.6. The van der Waals surface area contributed by atoms with Crippen molar-refractivity contribution in [1.29, 1.82) is 0 Å². The van der Waals surface area contributed by atoms with Crippen LogP contribution in [0.1, 0.15) is 0 Å². The van der Waals surface area contributed by atoms with E-state index in [1.807, 2.05) is 0 Å². The third kappa shape index (κ3) is 1.63. The fraction of sp³-hybridized carbons (Fsp3) is 0.333. The maximum atomic E-state index is 12.9. The van der Waals surface area contributed by atoms with E-state index in [1.54, 1.807) is 0 Å². The molecule has 1 aromatic rings. The first-order valence-electron chi connectivity index (χ1n) is 4.41. The number of nitrogens with two attached hydrogens (primary N) is 1. The number of carbonyl (C=O) groups is 1. The number of hydrogen-bond acceptors (Lipinski definition) is 4. The van der Waals surface area contributed by atoms with E-state index >= 15 is 0 Å². The lowest BCUT2D eigenvalue weighted by atomic mass is 10.3. The quantitative estimate of drug-likeness (QED) is 0.650. The monoisotopic (exact) mass is 211 g/mol. The van der Waals surface area contributed by atoms with Crippen molar-refractivity contribution in [1.82, 2.24) is 4.98 Å². The van der Waals surface area contributed by atoms with Crippen molar-refractivity contribution in [2.24, 2.45) is 5.73 Å². The Morgan fingerprint density at radius 1 is 1.73 bits per heavy atom. The highest BCUT2D eigenvalue weighted by molar-refractivity contribution is 5.97. The maximum Gasteiger partial charge on any atom is 0.248 e. The minimum atomic E-state index is -0.743. The zero-order valence-corrected chi connectivity index (χ0v) is 8.11. The molecular weight excluding hydrogens is 201 g/mol. The number of amides is 1. The molecule has 2 rings (SSSR count). The molecular formula is C9H10FN3O2. The van der Waals surface area contributed by atoms with Gasteiger partial charge in [-0.05, 0) is 0 Å². The van der Waals surface area contributed by atoms with Gasteiger partial charge in [-0.25, -0.2) is 9.37 Å². The first-order chi connectivity index (χ1) is 7.09. The number of nitrogens with zero attached hydrogens (tertiary/aromatic N) is 2. The molecule has 0 saturated carbocycles. The van der Waals surface area contributed by atoms with E-state index in [2.05, 4.69) is 4.98 Å². The van der Waals surface area contributed by atoms with E-state index in [4.69, 9.17) is 10.5 Å². The molecule has 5 nitrogen and oxygen atoms in total. The van der Waals surface area contributed by atoms with Gasteiger partial charge < -0.3 is 10.5 Å². The Bertz CT molecular complexity index is 410. The number of aromatic nitrogens is 1. The molecule has 0 spiro atoms. The summed E-state index contributed by atoms with van der Waals surface area (Å²) in [5, 5.41) is 0. The predicted octanol–water partition coefficient (Wildman–Crippen LogP) is -0.0968. The molecule has 1 atom stereocenters. The fourth-order valence-electron chi connectivity index (χ4n) is 1.38. The lowest BCUT2D eigenvalue weighted by molar-refractivity contribution is -0.119. The highest BCUT2D eigenvalue weighted by Gasteiger charge is 2.27. The SMILES string of the molecule is CN1C(=O)C(N)COc2cc(F)cnc21. The summed E-state index contributed by atoms with van der Waals surface area (Å²) < 4.78 is 18.1. The second kappa shape index (κ2) is 3.47. The van der Waals surface area contributed by atoms with Gasteiger partial charge in [-0.2, -0.15) is 0 Å². The van der Waals surface area contributed by atoms with Gasteiger partial charge in [0.05, 0.1) is 6.20 Å². The van der Waals surface area contributed by atoms with Gasteiger partial charge in [-0.1, -0.05) is 0 Å². The Morgan fingerprint density at radius 2 is 2.47 bits per heavy atom. The summed E-state index contributed by atoms with van der Waals surface area (Å²) in [5.41, 5.74) is 5.55. The third-order valence-electron chi connectivity index (χ3n) is 2.18. The average Bonchev–Trinajstić information content (AvgIpc) is 2.32. The molecule has 2 heterocycles. The van der Waals surface area contributed by atoms with Crippen LogP contribution in [0.25, 0.3) is 0 Å². The van der Waals surface area contributed by atoms with Crippen LogP contribution >= 0.6 is 0 Å². The topological polar surface area (TPSA) is 68.5 Å². The van der Waals surface area contributed by atoms with Crippen molar-refractivity contribution in [3.05, 3.63) is 18.1 Å². The second-order valence-electron chi connectivity index (χ2n) is 3.29. The van der Waals surface area contributed by atoms with Crippen molar-refractivity contribution in [2.45, 2.75) is 6.04 Å². The van der Waals surface area contributed by atoms with Crippen molar-refractivity contribution in [3.8, 4) is 5.75 Å². The summed E-state index contributed by atoms with van der Waals surface area (Å²) in [6.45, 7) is 0.0291. The summed E-state index contributed by atoms with van der Waals surface area (Å²) in [5.74, 6) is -0.286. The molecule has 0 aromatic carbocycles. The predicted molar refractivity (Wildman–Crippen MR) is 51.1 cm³/mol. The Hall–Kier alpha value is -1.69. The summed E-state index contributed by atoms with van der Waals surface area (Å²) in [7, 11) is 1.53. The minimum absolute atomic E-state index is 0.0291. The molecule has 1 aromatic heterocycles. The molecule has 80 valence electrons. The van der Waals surface area contributed by atoms with Crippen LogP contribution in [-0.4, -0.2) is 30.6 Å². The van der Waals surface area contributed by atoms with Gasteiger partial charge in [-0.3, -0.25) is 9.69 Å². The van der Waals surface area contributed by atoms with E-state index in [9.17, 15) is 9.18 Å². The number of likely N-dealkylation sites (N-methyl/N-ethyl adjacent to an activating group) is 1. The van der Waals surface area contributed by atoms with Crippen LogP contribution in [0.2, 0.25) is 0 Å². The molecule has 1 aliphatic rings. The molecule has 0 fully saturated rings. The van der Waals surface area contributed by atoms with Crippen molar-refractivity contribution < 1.29 is 13.9 Å². The third-order valence-corrected chi connectivity index (χ3v) is 2.18. The van der Waals surface area contributed by atoms with Gasteiger partial charge in [0, 0.05) is 13.1 Å². The summed E-state index contributed by atoms with van der Waals surface area (Å²) in [6, 6.07) is 0.441. The number of rotatable bonds is 0. The van der Waals surface area contributed by atoms with Gasteiger partial charge >= 0.3 is 0 Å². The maximum absolute atomic E-state index is 12.9. The van der Waals surface area contributed by atoms with Crippen LogP contribution in [0.3, 0.4) is 0 Å². The first-order valence-corrected chi connectivity index (χ1v) is 4.41. The highest BCUT2D eigenvalue weighted by Crippen LogP contribution is 2.28. The zero-order chi connectivity index (χ0) is 11.0. The van der Waals surface area contributed by atoms with Gasteiger partial charge in [-0.15, -0.1) is 0 Å². The number of hydrogen-bond donors (Lipinski definition) is 1. The van der Waals surface area contributed by atoms with E-state index < -0.39 is 11.9 Å². The lowest BCUT2D eigenvalue weighted by Gasteiger charge is -2.15. The minimum Gasteiger partial charge on any atom is -0.487 e. The van der Waals surface area contributed by atoms with Crippen LogP contribution < -0.4 is 15.4 Å². The van der Waals surface area contributed by atoms with E-state index in [-0.39, 0.29) is 24.1 Å². The number of carbonyl (C=O) groups excluding carboxylic acids is 1. The molecule has 6 heteroatoms. The lowest BCUT2D eigenvalue weighted by Crippen LogP contribution is -2.43. The van der Waals surface area contributed by atoms with Gasteiger partial charge in [0.1, 0.15) is 18.5 Å². The Morgan fingerprint density at radius 3 is 3.20 bits per heavy atom. The van der Waals surface area contributed by atoms with Crippen LogP contribution in [0.4, 0.5) is 10.2 Å². The van der Waals surface area contributed by atoms with Crippen molar-refractivity contribution >= 4 is 11.7 Å². The smallest absolute Gasteiger partial charge is 0.248 e. The highest BCUT2D eigenvalue weighted by atomic mass is 19.1.